The minimum absolute atomic E-state index is 0.309. The molecule has 4 heteroatoms. The highest BCUT2D eigenvalue weighted by Crippen LogP contribution is 2.27. The molecular formula is C16H25ClN2O. The quantitative estimate of drug-likeness (QED) is 0.818. The van der Waals surface area contributed by atoms with Crippen LogP contribution < -0.4 is 0 Å². The molecule has 1 unspecified atom stereocenters. The van der Waals surface area contributed by atoms with E-state index in [4.69, 9.17) is 16.7 Å². The van der Waals surface area contributed by atoms with Gasteiger partial charge in [-0.1, -0.05) is 29.8 Å². The van der Waals surface area contributed by atoms with Gasteiger partial charge < -0.3 is 10.0 Å². The minimum Gasteiger partial charge on any atom is -0.396 e. The number of benzene rings is 1. The summed E-state index contributed by atoms with van der Waals surface area (Å²) in [7, 11) is 0. The number of hydrogen-bond donors (Lipinski definition) is 1. The van der Waals surface area contributed by atoms with Crippen LogP contribution in [0.1, 0.15) is 31.4 Å². The highest BCUT2D eigenvalue weighted by atomic mass is 35.5. The first-order valence-corrected chi connectivity index (χ1v) is 7.92. The van der Waals surface area contributed by atoms with Crippen molar-refractivity contribution in [2.75, 3.05) is 39.3 Å². The molecule has 1 fully saturated rings. The summed E-state index contributed by atoms with van der Waals surface area (Å²) >= 11 is 6.29. The van der Waals surface area contributed by atoms with Crippen LogP contribution in [0.2, 0.25) is 5.02 Å². The van der Waals surface area contributed by atoms with Gasteiger partial charge in [0.25, 0.3) is 0 Å². The van der Waals surface area contributed by atoms with Crippen LogP contribution in [0.25, 0.3) is 0 Å². The predicted octanol–water partition coefficient (Wildman–Crippen LogP) is 2.79. The fourth-order valence-electron chi connectivity index (χ4n) is 2.83. The molecule has 1 aliphatic rings. The first-order valence-electron chi connectivity index (χ1n) is 7.54. The van der Waals surface area contributed by atoms with E-state index in [2.05, 4.69) is 28.9 Å². The first-order chi connectivity index (χ1) is 9.72. The second-order valence-corrected chi connectivity index (χ2v) is 5.91. The van der Waals surface area contributed by atoms with Gasteiger partial charge in [-0.05, 0) is 37.9 Å². The Hall–Kier alpha value is -0.610. The van der Waals surface area contributed by atoms with Gasteiger partial charge in [0.15, 0.2) is 0 Å². The van der Waals surface area contributed by atoms with Gasteiger partial charge in [-0.2, -0.15) is 0 Å². The molecule has 3 nitrogen and oxygen atoms in total. The van der Waals surface area contributed by atoms with E-state index in [0.717, 1.165) is 50.6 Å². The van der Waals surface area contributed by atoms with E-state index in [-0.39, 0.29) is 0 Å². The largest absolute Gasteiger partial charge is 0.396 e. The van der Waals surface area contributed by atoms with Crippen molar-refractivity contribution in [2.45, 2.75) is 25.8 Å². The van der Waals surface area contributed by atoms with Crippen LogP contribution in [0.15, 0.2) is 24.3 Å². The molecule has 0 radical (unpaired) electrons. The van der Waals surface area contributed by atoms with Crippen molar-refractivity contribution in [3.05, 3.63) is 34.9 Å². The van der Waals surface area contributed by atoms with Crippen molar-refractivity contribution >= 4 is 11.6 Å². The zero-order chi connectivity index (χ0) is 14.4. The van der Waals surface area contributed by atoms with Crippen LogP contribution in [-0.2, 0) is 0 Å². The van der Waals surface area contributed by atoms with E-state index < -0.39 is 0 Å². The van der Waals surface area contributed by atoms with Crippen molar-refractivity contribution in [2.24, 2.45) is 0 Å². The summed E-state index contributed by atoms with van der Waals surface area (Å²) in [6, 6.07) is 8.52. The SMILES string of the molecule is CC(c1ccccc1Cl)N1CCN(CCCCO)CC1. The lowest BCUT2D eigenvalue weighted by atomic mass is 10.1. The lowest BCUT2D eigenvalue weighted by molar-refractivity contribution is 0.0999. The second kappa shape index (κ2) is 7.99. The van der Waals surface area contributed by atoms with Crippen LogP contribution in [0, 0.1) is 0 Å². The van der Waals surface area contributed by atoms with Crippen LogP contribution in [0.4, 0.5) is 0 Å². The summed E-state index contributed by atoms with van der Waals surface area (Å²) in [6.45, 7) is 8.05. The van der Waals surface area contributed by atoms with E-state index in [1.165, 1.54) is 5.56 Å². The molecule has 0 spiro atoms. The number of aliphatic hydroxyl groups excluding tert-OH is 1. The van der Waals surface area contributed by atoms with Crippen molar-refractivity contribution in [3.63, 3.8) is 0 Å². The topological polar surface area (TPSA) is 26.7 Å². The first kappa shape index (κ1) is 15.8. The van der Waals surface area contributed by atoms with E-state index in [9.17, 15) is 0 Å². The number of rotatable bonds is 6. The monoisotopic (exact) mass is 296 g/mol. The van der Waals surface area contributed by atoms with Gasteiger partial charge in [0.2, 0.25) is 0 Å². The van der Waals surface area contributed by atoms with E-state index >= 15 is 0 Å². The molecule has 0 bridgehead atoms. The molecular weight excluding hydrogens is 272 g/mol. The molecule has 0 aromatic heterocycles. The predicted molar refractivity (Wildman–Crippen MR) is 84.2 cm³/mol. The molecule has 1 aromatic rings. The summed E-state index contributed by atoms with van der Waals surface area (Å²) < 4.78 is 0. The zero-order valence-corrected chi connectivity index (χ0v) is 13.0. The maximum Gasteiger partial charge on any atom is 0.0453 e. The third-order valence-corrected chi connectivity index (χ3v) is 4.54. The zero-order valence-electron chi connectivity index (χ0n) is 12.3. The van der Waals surface area contributed by atoms with Crippen LogP contribution >= 0.6 is 11.6 Å². The summed E-state index contributed by atoms with van der Waals surface area (Å²) in [6.07, 6.45) is 2.01. The number of halogens is 1. The van der Waals surface area contributed by atoms with Crippen LogP contribution in [0.3, 0.4) is 0 Å². The summed E-state index contributed by atoms with van der Waals surface area (Å²) in [5.74, 6) is 0. The molecule has 1 aliphatic heterocycles. The molecule has 0 aliphatic carbocycles. The molecule has 2 rings (SSSR count). The van der Waals surface area contributed by atoms with Gasteiger partial charge in [0.1, 0.15) is 0 Å². The normalized spacial score (nSPS) is 19.1. The third kappa shape index (κ3) is 4.19. The Morgan fingerprint density at radius 2 is 1.85 bits per heavy atom. The summed E-state index contributed by atoms with van der Waals surface area (Å²) in [4.78, 5) is 5.00. The lowest BCUT2D eigenvalue weighted by Gasteiger charge is -2.38. The molecule has 0 amide bonds. The van der Waals surface area contributed by atoms with Gasteiger partial charge in [0, 0.05) is 43.9 Å². The van der Waals surface area contributed by atoms with Gasteiger partial charge in [-0.15, -0.1) is 0 Å². The van der Waals surface area contributed by atoms with Crippen molar-refractivity contribution in [3.8, 4) is 0 Å². The van der Waals surface area contributed by atoms with Crippen molar-refractivity contribution in [1.29, 1.82) is 0 Å². The highest BCUT2D eigenvalue weighted by molar-refractivity contribution is 6.31. The van der Waals surface area contributed by atoms with Gasteiger partial charge in [-0.3, -0.25) is 4.90 Å². The molecule has 1 aromatic carbocycles. The smallest absolute Gasteiger partial charge is 0.0453 e. The number of piperazine rings is 1. The maximum atomic E-state index is 8.82. The molecule has 20 heavy (non-hydrogen) atoms. The number of aliphatic hydroxyl groups is 1. The Morgan fingerprint density at radius 1 is 1.15 bits per heavy atom. The number of hydrogen-bond acceptors (Lipinski definition) is 3. The molecule has 1 N–H and O–H groups in total. The van der Waals surface area contributed by atoms with Crippen LogP contribution in [-0.4, -0.2) is 54.2 Å². The minimum atomic E-state index is 0.309. The molecule has 1 heterocycles. The second-order valence-electron chi connectivity index (χ2n) is 5.51. The Morgan fingerprint density at radius 3 is 2.50 bits per heavy atom. The average molecular weight is 297 g/mol. The van der Waals surface area contributed by atoms with E-state index in [0.29, 0.717) is 12.6 Å². The lowest BCUT2D eigenvalue weighted by Crippen LogP contribution is -2.47. The van der Waals surface area contributed by atoms with Gasteiger partial charge in [0.05, 0.1) is 0 Å². The fourth-order valence-corrected chi connectivity index (χ4v) is 3.13. The molecule has 1 atom stereocenters. The summed E-state index contributed by atoms with van der Waals surface area (Å²) in [5, 5.41) is 9.69. The Balaban J connectivity index is 1.83. The van der Waals surface area contributed by atoms with E-state index in [1.807, 2.05) is 12.1 Å². The Bertz CT molecular complexity index is 405. The average Bonchev–Trinajstić information content (AvgIpc) is 2.48. The molecule has 112 valence electrons. The Kier molecular flexibility index (Phi) is 6.30. The third-order valence-electron chi connectivity index (χ3n) is 4.19. The number of unbranched alkanes of at least 4 members (excludes halogenated alkanes) is 1. The number of nitrogens with zero attached hydrogens (tertiary/aromatic N) is 2. The highest BCUT2D eigenvalue weighted by Gasteiger charge is 2.22. The molecule has 0 saturated carbocycles. The Labute approximate surface area is 127 Å². The van der Waals surface area contributed by atoms with Crippen molar-refractivity contribution in [1.82, 2.24) is 9.80 Å². The maximum absolute atomic E-state index is 8.82. The van der Waals surface area contributed by atoms with Crippen molar-refractivity contribution < 1.29 is 5.11 Å². The summed E-state index contributed by atoms with van der Waals surface area (Å²) in [5.41, 5.74) is 1.22. The van der Waals surface area contributed by atoms with Gasteiger partial charge in [-0.25, -0.2) is 0 Å². The van der Waals surface area contributed by atoms with Crippen LogP contribution in [0.5, 0.6) is 0 Å². The molecule has 1 saturated heterocycles. The van der Waals surface area contributed by atoms with E-state index in [1.54, 1.807) is 0 Å². The van der Waals surface area contributed by atoms with Gasteiger partial charge >= 0.3 is 0 Å². The standard InChI is InChI=1S/C16H25ClN2O/c1-14(15-6-2-3-7-16(15)17)19-11-9-18(10-12-19)8-4-5-13-20/h2-3,6-7,14,20H,4-5,8-13H2,1H3. The fraction of sp³-hybridized carbons (Fsp3) is 0.625.